The van der Waals surface area contributed by atoms with Crippen molar-refractivity contribution in [3.05, 3.63) is 23.8 Å². The predicted molar refractivity (Wildman–Crippen MR) is 83.7 cm³/mol. The van der Waals surface area contributed by atoms with Crippen molar-refractivity contribution in [2.45, 2.75) is 18.9 Å². The maximum absolute atomic E-state index is 9.15. The van der Waals surface area contributed by atoms with E-state index in [1.54, 1.807) is 0 Å². The summed E-state index contributed by atoms with van der Waals surface area (Å²) in [6.45, 7) is 5.38. The number of hydrogen-bond acceptors (Lipinski definition) is 5. The number of hydrogen-bond donors (Lipinski definition) is 2. The first-order valence-corrected chi connectivity index (χ1v) is 7.71. The van der Waals surface area contributed by atoms with Crippen LogP contribution < -0.4 is 15.5 Å². The van der Waals surface area contributed by atoms with E-state index in [2.05, 4.69) is 21.6 Å². The van der Waals surface area contributed by atoms with Gasteiger partial charge in [0.25, 0.3) is 0 Å². The van der Waals surface area contributed by atoms with Crippen LogP contribution in [0.3, 0.4) is 0 Å². The van der Waals surface area contributed by atoms with Crippen LogP contribution in [0, 0.1) is 11.3 Å². The van der Waals surface area contributed by atoms with Gasteiger partial charge in [-0.15, -0.1) is 0 Å². The first kappa shape index (κ1) is 14.2. The molecule has 1 aromatic rings. The highest BCUT2D eigenvalue weighted by atomic mass is 16.5. The van der Waals surface area contributed by atoms with Gasteiger partial charge in [-0.2, -0.15) is 5.26 Å². The van der Waals surface area contributed by atoms with Gasteiger partial charge >= 0.3 is 0 Å². The van der Waals surface area contributed by atoms with Gasteiger partial charge in [0.1, 0.15) is 0 Å². The zero-order chi connectivity index (χ0) is 14.5. The fourth-order valence-corrected chi connectivity index (χ4v) is 2.98. The summed E-state index contributed by atoms with van der Waals surface area (Å²) in [5.74, 6) is 0. The van der Waals surface area contributed by atoms with E-state index in [4.69, 9.17) is 10.00 Å². The molecule has 2 N–H and O–H groups in total. The summed E-state index contributed by atoms with van der Waals surface area (Å²) in [6, 6.07) is 8.62. The third-order valence-corrected chi connectivity index (χ3v) is 4.14. The number of morpholine rings is 1. The summed E-state index contributed by atoms with van der Waals surface area (Å²) in [4.78, 5) is 2.31. The number of nitrogens with one attached hydrogen (secondary N) is 2. The van der Waals surface area contributed by atoms with Crippen LogP contribution in [0.25, 0.3) is 0 Å². The van der Waals surface area contributed by atoms with Gasteiger partial charge in [0.2, 0.25) is 0 Å². The summed E-state index contributed by atoms with van der Waals surface area (Å²) in [6.07, 6.45) is 2.40. The zero-order valence-electron chi connectivity index (χ0n) is 12.3. The minimum Gasteiger partial charge on any atom is -0.379 e. The Bertz CT molecular complexity index is 513. The van der Waals surface area contributed by atoms with E-state index in [1.807, 2.05) is 18.2 Å². The van der Waals surface area contributed by atoms with Crippen LogP contribution in [0.15, 0.2) is 18.2 Å². The van der Waals surface area contributed by atoms with E-state index in [1.165, 1.54) is 12.8 Å². The second-order valence-electron chi connectivity index (χ2n) is 5.63. The van der Waals surface area contributed by atoms with Gasteiger partial charge in [-0.3, -0.25) is 0 Å². The molecule has 0 saturated carbocycles. The number of piperidine rings is 1. The van der Waals surface area contributed by atoms with Crippen molar-refractivity contribution in [2.75, 3.05) is 49.6 Å². The molecule has 2 saturated heterocycles. The molecule has 0 spiro atoms. The topological polar surface area (TPSA) is 60.3 Å². The van der Waals surface area contributed by atoms with Gasteiger partial charge in [0.05, 0.1) is 36.2 Å². The number of nitriles is 1. The molecule has 1 atom stereocenters. The van der Waals surface area contributed by atoms with Gasteiger partial charge in [-0.25, -0.2) is 0 Å². The lowest BCUT2D eigenvalue weighted by Crippen LogP contribution is -2.40. The lowest BCUT2D eigenvalue weighted by Gasteiger charge is -2.32. The van der Waals surface area contributed by atoms with E-state index >= 15 is 0 Å². The summed E-state index contributed by atoms with van der Waals surface area (Å²) in [5.41, 5.74) is 2.97. The van der Waals surface area contributed by atoms with E-state index < -0.39 is 0 Å². The largest absolute Gasteiger partial charge is 0.379 e. The van der Waals surface area contributed by atoms with Crippen LogP contribution in [0.2, 0.25) is 0 Å². The number of ether oxygens (including phenoxy) is 1. The Balaban J connectivity index is 1.81. The molecule has 0 bridgehead atoms. The molecule has 0 radical (unpaired) electrons. The molecule has 0 aliphatic carbocycles. The fraction of sp³-hybridized carbons (Fsp3) is 0.562. The van der Waals surface area contributed by atoms with Crippen LogP contribution in [0.1, 0.15) is 18.4 Å². The van der Waals surface area contributed by atoms with Crippen molar-refractivity contribution in [3.8, 4) is 6.07 Å². The van der Waals surface area contributed by atoms with Crippen LogP contribution in [0.5, 0.6) is 0 Å². The highest BCUT2D eigenvalue weighted by Gasteiger charge is 2.18. The summed E-state index contributed by atoms with van der Waals surface area (Å²) in [5, 5.41) is 16.2. The van der Waals surface area contributed by atoms with Crippen molar-refractivity contribution in [3.63, 3.8) is 0 Å². The van der Waals surface area contributed by atoms with Crippen LogP contribution in [-0.4, -0.2) is 45.4 Å². The molecular formula is C16H22N4O. The average molecular weight is 286 g/mol. The first-order chi connectivity index (χ1) is 10.4. The Morgan fingerprint density at radius 1 is 1.33 bits per heavy atom. The van der Waals surface area contributed by atoms with Crippen molar-refractivity contribution in [2.24, 2.45) is 0 Å². The minimum absolute atomic E-state index is 0.464. The monoisotopic (exact) mass is 286 g/mol. The maximum Gasteiger partial charge on any atom is 0.0992 e. The highest BCUT2D eigenvalue weighted by molar-refractivity contribution is 5.72. The van der Waals surface area contributed by atoms with Crippen molar-refractivity contribution < 1.29 is 4.74 Å². The first-order valence-electron chi connectivity index (χ1n) is 7.71. The second-order valence-corrected chi connectivity index (χ2v) is 5.63. The molecule has 2 fully saturated rings. The Labute approximate surface area is 125 Å². The Morgan fingerprint density at radius 3 is 2.90 bits per heavy atom. The Kier molecular flexibility index (Phi) is 4.59. The van der Waals surface area contributed by atoms with Crippen molar-refractivity contribution >= 4 is 11.4 Å². The third kappa shape index (κ3) is 3.46. The molecule has 0 amide bonds. The van der Waals surface area contributed by atoms with E-state index in [-0.39, 0.29) is 0 Å². The second kappa shape index (κ2) is 6.79. The molecule has 1 aromatic carbocycles. The van der Waals surface area contributed by atoms with Crippen LogP contribution in [-0.2, 0) is 4.74 Å². The molecule has 2 aliphatic heterocycles. The Hall–Kier alpha value is -1.77. The van der Waals surface area contributed by atoms with E-state index in [0.29, 0.717) is 11.6 Å². The maximum atomic E-state index is 9.15. The van der Waals surface area contributed by atoms with Gasteiger partial charge < -0.3 is 20.3 Å². The number of anilines is 2. The normalized spacial score (nSPS) is 22.6. The highest BCUT2D eigenvalue weighted by Crippen LogP contribution is 2.29. The number of rotatable bonds is 3. The molecule has 0 aromatic heterocycles. The van der Waals surface area contributed by atoms with E-state index in [0.717, 1.165) is 50.8 Å². The average Bonchev–Trinajstić information content (AvgIpc) is 2.57. The third-order valence-electron chi connectivity index (χ3n) is 4.14. The molecule has 0 unspecified atom stereocenters. The number of nitrogens with zero attached hydrogens (tertiary/aromatic N) is 2. The Morgan fingerprint density at radius 2 is 2.19 bits per heavy atom. The van der Waals surface area contributed by atoms with Crippen molar-refractivity contribution in [1.82, 2.24) is 5.32 Å². The molecular weight excluding hydrogens is 264 g/mol. The molecule has 3 rings (SSSR count). The molecule has 21 heavy (non-hydrogen) atoms. The zero-order valence-corrected chi connectivity index (χ0v) is 12.3. The van der Waals surface area contributed by atoms with Gasteiger partial charge in [-0.1, -0.05) is 0 Å². The summed E-state index contributed by atoms with van der Waals surface area (Å²) < 4.78 is 5.43. The smallest absolute Gasteiger partial charge is 0.0992 e. The SMILES string of the molecule is N#Cc1ccc(N[C@@H]2CCCNC2)c(N2CCOCC2)c1. The standard InChI is InChI=1S/C16H22N4O/c17-11-13-3-4-15(19-14-2-1-5-18-12-14)16(10-13)20-6-8-21-9-7-20/h3-4,10,14,18-19H,1-2,5-9,12H2/t14-/m1/s1. The molecule has 2 aliphatic rings. The molecule has 5 heteroatoms. The van der Waals surface area contributed by atoms with Gasteiger partial charge in [-0.05, 0) is 37.6 Å². The molecule has 5 nitrogen and oxygen atoms in total. The van der Waals surface area contributed by atoms with E-state index in [9.17, 15) is 0 Å². The predicted octanol–water partition coefficient (Wildman–Crippen LogP) is 1.56. The lowest BCUT2D eigenvalue weighted by atomic mass is 10.1. The quantitative estimate of drug-likeness (QED) is 0.883. The molecule has 112 valence electrons. The minimum atomic E-state index is 0.464. The molecule has 2 heterocycles. The summed E-state index contributed by atoms with van der Waals surface area (Å²) in [7, 11) is 0. The summed E-state index contributed by atoms with van der Waals surface area (Å²) >= 11 is 0. The lowest BCUT2D eigenvalue weighted by molar-refractivity contribution is 0.123. The van der Waals surface area contributed by atoms with Crippen molar-refractivity contribution in [1.29, 1.82) is 5.26 Å². The fourth-order valence-electron chi connectivity index (χ4n) is 2.98. The van der Waals surface area contributed by atoms with Crippen LogP contribution >= 0.6 is 0 Å². The number of benzene rings is 1. The van der Waals surface area contributed by atoms with Gasteiger partial charge in [0.15, 0.2) is 0 Å². The van der Waals surface area contributed by atoms with Crippen LogP contribution in [0.4, 0.5) is 11.4 Å². The van der Waals surface area contributed by atoms with Gasteiger partial charge in [0, 0.05) is 25.7 Å².